The van der Waals surface area contributed by atoms with Crippen molar-refractivity contribution >= 4 is 5.91 Å². The number of aryl methyl sites for hydroxylation is 1. The van der Waals surface area contributed by atoms with E-state index in [0.29, 0.717) is 18.3 Å². The van der Waals surface area contributed by atoms with Gasteiger partial charge in [-0.3, -0.25) is 4.79 Å². The predicted molar refractivity (Wildman–Crippen MR) is 65.6 cm³/mol. The molecule has 1 atom stereocenters. The molecule has 94 valence electrons. The summed E-state index contributed by atoms with van der Waals surface area (Å²) >= 11 is 0. The fourth-order valence-corrected chi connectivity index (χ4v) is 2.47. The Kier molecular flexibility index (Phi) is 3.78. The van der Waals surface area contributed by atoms with E-state index >= 15 is 0 Å². The van der Waals surface area contributed by atoms with E-state index in [0.717, 1.165) is 32.2 Å². The third-order valence-corrected chi connectivity index (χ3v) is 3.42. The number of imidazole rings is 1. The van der Waals surface area contributed by atoms with E-state index in [2.05, 4.69) is 4.98 Å². The van der Waals surface area contributed by atoms with E-state index in [1.54, 1.807) is 17.1 Å². The van der Waals surface area contributed by atoms with Gasteiger partial charge in [0.25, 0.3) is 5.91 Å². The van der Waals surface area contributed by atoms with Gasteiger partial charge in [-0.15, -0.1) is 0 Å². The first-order valence-electron chi connectivity index (χ1n) is 6.21. The Morgan fingerprint density at radius 2 is 2.47 bits per heavy atom. The molecule has 0 spiro atoms. The highest BCUT2D eigenvalue weighted by Gasteiger charge is 2.29. The van der Waals surface area contributed by atoms with Gasteiger partial charge in [0.15, 0.2) is 0 Å². The number of likely N-dealkylation sites (tertiary alicyclic amines) is 1. The number of hydrogen-bond acceptors (Lipinski definition) is 3. The summed E-state index contributed by atoms with van der Waals surface area (Å²) in [6.07, 6.45) is 7.50. The number of aromatic nitrogens is 2. The second-order valence-corrected chi connectivity index (χ2v) is 4.62. The quantitative estimate of drug-likeness (QED) is 0.839. The van der Waals surface area contributed by atoms with Crippen molar-refractivity contribution in [3.63, 3.8) is 0 Å². The summed E-state index contributed by atoms with van der Waals surface area (Å²) in [6, 6.07) is 0.362. The molecule has 0 bridgehead atoms. The van der Waals surface area contributed by atoms with Gasteiger partial charge in [-0.25, -0.2) is 4.98 Å². The van der Waals surface area contributed by atoms with Gasteiger partial charge in [-0.05, 0) is 32.2 Å². The van der Waals surface area contributed by atoms with Crippen LogP contribution in [0.15, 0.2) is 12.5 Å². The number of amides is 1. The molecule has 2 rings (SSSR count). The molecule has 1 aromatic heterocycles. The Balaban J connectivity index is 2.06. The Hall–Kier alpha value is -1.36. The summed E-state index contributed by atoms with van der Waals surface area (Å²) in [7, 11) is 1.85. The van der Waals surface area contributed by atoms with Crippen LogP contribution in [0, 0.1) is 0 Å². The zero-order valence-electron chi connectivity index (χ0n) is 10.3. The van der Waals surface area contributed by atoms with E-state index in [1.807, 2.05) is 11.9 Å². The van der Waals surface area contributed by atoms with Gasteiger partial charge in [-0.1, -0.05) is 0 Å². The monoisotopic (exact) mass is 236 g/mol. The first-order chi connectivity index (χ1) is 8.24. The zero-order chi connectivity index (χ0) is 12.3. The molecule has 0 saturated carbocycles. The number of carbonyl (C=O) groups excluding carboxylic acids is 1. The highest BCUT2D eigenvalue weighted by atomic mass is 16.2. The van der Waals surface area contributed by atoms with Gasteiger partial charge in [0.2, 0.25) is 0 Å². The third-order valence-electron chi connectivity index (χ3n) is 3.42. The summed E-state index contributed by atoms with van der Waals surface area (Å²) in [5, 5.41) is 0. The molecular weight excluding hydrogens is 216 g/mol. The molecule has 5 heteroatoms. The fourth-order valence-electron chi connectivity index (χ4n) is 2.47. The molecule has 1 saturated heterocycles. The number of carbonyl (C=O) groups is 1. The lowest BCUT2D eigenvalue weighted by atomic mass is 10.1. The molecule has 5 nitrogen and oxygen atoms in total. The SMILES string of the molecule is Cn1cncc1C(=O)N1CCCC1CCCN. The second-order valence-electron chi connectivity index (χ2n) is 4.62. The smallest absolute Gasteiger partial charge is 0.272 e. The molecule has 0 radical (unpaired) electrons. The minimum Gasteiger partial charge on any atom is -0.334 e. The lowest BCUT2D eigenvalue weighted by Crippen LogP contribution is -2.36. The van der Waals surface area contributed by atoms with E-state index in [4.69, 9.17) is 5.73 Å². The molecule has 1 fully saturated rings. The lowest BCUT2D eigenvalue weighted by molar-refractivity contribution is 0.0719. The Morgan fingerprint density at radius 3 is 3.12 bits per heavy atom. The Labute approximate surface area is 102 Å². The van der Waals surface area contributed by atoms with Crippen molar-refractivity contribution in [1.29, 1.82) is 0 Å². The topological polar surface area (TPSA) is 64.2 Å². The van der Waals surface area contributed by atoms with Crippen molar-refractivity contribution in [3.8, 4) is 0 Å². The maximum atomic E-state index is 12.3. The van der Waals surface area contributed by atoms with Crippen LogP contribution in [0.2, 0.25) is 0 Å². The molecular formula is C12H20N4O. The van der Waals surface area contributed by atoms with Gasteiger partial charge in [0.05, 0.1) is 12.5 Å². The minimum atomic E-state index is 0.101. The molecule has 1 aliphatic rings. The Morgan fingerprint density at radius 1 is 1.65 bits per heavy atom. The molecule has 0 aromatic carbocycles. The largest absolute Gasteiger partial charge is 0.334 e. The van der Waals surface area contributed by atoms with Gasteiger partial charge in [-0.2, -0.15) is 0 Å². The fraction of sp³-hybridized carbons (Fsp3) is 0.667. The molecule has 1 aliphatic heterocycles. The number of hydrogen-bond donors (Lipinski definition) is 1. The van der Waals surface area contributed by atoms with Crippen LogP contribution < -0.4 is 5.73 Å². The maximum Gasteiger partial charge on any atom is 0.272 e. The summed E-state index contributed by atoms with van der Waals surface area (Å²) in [6.45, 7) is 1.56. The van der Waals surface area contributed by atoms with Crippen molar-refractivity contribution in [3.05, 3.63) is 18.2 Å². The molecule has 2 N–H and O–H groups in total. The average molecular weight is 236 g/mol. The second kappa shape index (κ2) is 5.31. The van der Waals surface area contributed by atoms with Crippen LogP contribution in [-0.4, -0.2) is 39.5 Å². The van der Waals surface area contributed by atoms with Crippen LogP contribution in [0.1, 0.15) is 36.2 Å². The van der Waals surface area contributed by atoms with Gasteiger partial charge < -0.3 is 15.2 Å². The highest BCUT2D eigenvalue weighted by molar-refractivity contribution is 5.92. The average Bonchev–Trinajstić information content (AvgIpc) is 2.94. The van der Waals surface area contributed by atoms with Crippen LogP contribution in [0.25, 0.3) is 0 Å². The Bertz CT molecular complexity index is 388. The van der Waals surface area contributed by atoms with Crippen LogP contribution in [-0.2, 0) is 7.05 Å². The van der Waals surface area contributed by atoms with Gasteiger partial charge in [0.1, 0.15) is 5.69 Å². The van der Waals surface area contributed by atoms with Crippen molar-refractivity contribution in [2.75, 3.05) is 13.1 Å². The summed E-state index contributed by atoms with van der Waals surface area (Å²) in [5.74, 6) is 0.101. The molecule has 2 heterocycles. The predicted octanol–water partition coefficient (Wildman–Crippen LogP) is 0.764. The van der Waals surface area contributed by atoms with Crippen LogP contribution >= 0.6 is 0 Å². The van der Waals surface area contributed by atoms with Gasteiger partial charge >= 0.3 is 0 Å². The molecule has 1 aromatic rings. The van der Waals surface area contributed by atoms with Crippen LogP contribution in [0.4, 0.5) is 0 Å². The first-order valence-corrected chi connectivity index (χ1v) is 6.21. The van der Waals surface area contributed by atoms with Crippen molar-refractivity contribution < 1.29 is 4.79 Å². The van der Waals surface area contributed by atoms with Gasteiger partial charge in [0, 0.05) is 19.6 Å². The maximum absolute atomic E-state index is 12.3. The normalized spacial score (nSPS) is 19.9. The lowest BCUT2D eigenvalue weighted by Gasteiger charge is -2.24. The molecule has 17 heavy (non-hydrogen) atoms. The molecule has 0 aliphatic carbocycles. The number of rotatable bonds is 4. The first kappa shape index (κ1) is 12.1. The summed E-state index contributed by atoms with van der Waals surface area (Å²) < 4.78 is 1.78. The van der Waals surface area contributed by atoms with E-state index in [9.17, 15) is 4.79 Å². The van der Waals surface area contributed by atoms with Crippen LogP contribution in [0.3, 0.4) is 0 Å². The standard InChI is InChI=1S/C12H20N4O/c1-15-9-14-8-11(15)12(17)16-7-3-5-10(16)4-2-6-13/h8-10H,2-7,13H2,1H3. The summed E-state index contributed by atoms with van der Waals surface area (Å²) in [5.41, 5.74) is 6.20. The van der Waals surface area contributed by atoms with Crippen molar-refractivity contribution in [2.24, 2.45) is 12.8 Å². The van der Waals surface area contributed by atoms with Crippen molar-refractivity contribution in [2.45, 2.75) is 31.7 Å². The molecule has 1 amide bonds. The van der Waals surface area contributed by atoms with E-state index in [-0.39, 0.29) is 5.91 Å². The van der Waals surface area contributed by atoms with E-state index in [1.165, 1.54) is 0 Å². The minimum absolute atomic E-state index is 0.101. The summed E-state index contributed by atoms with van der Waals surface area (Å²) in [4.78, 5) is 18.3. The van der Waals surface area contributed by atoms with Crippen molar-refractivity contribution in [1.82, 2.24) is 14.5 Å². The highest BCUT2D eigenvalue weighted by Crippen LogP contribution is 2.23. The molecule has 1 unspecified atom stereocenters. The third kappa shape index (κ3) is 2.49. The zero-order valence-corrected chi connectivity index (χ0v) is 10.3. The van der Waals surface area contributed by atoms with E-state index < -0.39 is 0 Å². The number of nitrogens with two attached hydrogens (primary N) is 1. The van der Waals surface area contributed by atoms with Crippen LogP contribution in [0.5, 0.6) is 0 Å². The number of nitrogens with zero attached hydrogens (tertiary/aromatic N) is 3.